The molecule has 1 aliphatic carbocycles. The number of rotatable bonds is 10. The van der Waals surface area contributed by atoms with Gasteiger partial charge in [0.1, 0.15) is 6.54 Å². The summed E-state index contributed by atoms with van der Waals surface area (Å²) in [5.41, 5.74) is 2.66. The topological polar surface area (TPSA) is 106 Å². The first-order chi connectivity index (χ1) is 16.5. The van der Waals surface area contributed by atoms with Crippen molar-refractivity contribution < 1.29 is 9.53 Å². The number of carbonyl (C=O) groups excluding carboxylic acids is 1. The maximum absolute atomic E-state index is 13.0. The van der Waals surface area contributed by atoms with Crippen molar-refractivity contribution in [2.75, 3.05) is 6.61 Å². The van der Waals surface area contributed by atoms with Gasteiger partial charge in [0.25, 0.3) is 5.56 Å². The second kappa shape index (κ2) is 10.9. The number of pyridine rings is 1. The van der Waals surface area contributed by atoms with E-state index in [9.17, 15) is 9.59 Å². The number of aryl methyl sites for hydroxylation is 1. The van der Waals surface area contributed by atoms with Gasteiger partial charge in [-0.3, -0.25) is 14.5 Å². The Balaban J connectivity index is 1.71. The van der Waals surface area contributed by atoms with Crippen LogP contribution in [-0.4, -0.2) is 48.7 Å². The molecule has 0 aliphatic heterocycles. The van der Waals surface area contributed by atoms with Gasteiger partial charge in [-0.2, -0.15) is 0 Å². The molecule has 4 rings (SSSR count). The van der Waals surface area contributed by atoms with Crippen LogP contribution in [0.3, 0.4) is 0 Å². The molecule has 1 atom stereocenters. The highest BCUT2D eigenvalue weighted by atomic mass is 16.5. The van der Waals surface area contributed by atoms with E-state index < -0.39 is 0 Å². The summed E-state index contributed by atoms with van der Waals surface area (Å²) in [5, 5.41) is 13.3. The lowest BCUT2D eigenvalue weighted by atomic mass is 10.0. The molecule has 1 aliphatic rings. The van der Waals surface area contributed by atoms with E-state index in [-0.39, 0.29) is 24.1 Å². The number of hydrogen-bond acceptors (Lipinski definition) is 7. The zero-order valence-corrected chi connectivity index (χ0v) is 20.3. The summed E-state index contributed by atoms with van der Waals surface area (Å²) in [6, 6.07) is 8.28. The number of esters is 1. The number of nitrogens with zero attached hydrogens (tertiary/aromatic N) is 5. The van der Waals surface area contributed by atoms with Gasteiger partial charge in [-0.25, -0.2) is 4.68 Å². The first-order valence-electron chi connectivity index (χ1n) is 12.3. The molecule has 2 aromatic heterocycles. The molecule has 1 saturated carbocycles. The molecule has 34 heavy (non-hydrogen) atoms. The minimum atomic E-state index is -0.361. The van der Waals surface area contributed by atoms with E-state index in [1.165, 1.54) is 12.8 Å². The lowest BCUT2D eigenvalue weighted by molar-refractivity contribution is -0.144. The molecule has 1 aromatic carbocycles. The predicted molar refractivity (Wildman–Crippen MR) is 129 cm³/mol. The smallest absolute Gasteiger partial charge is 0.327 e. The Labute approximate surface area is 199 Å². The molecule has 0 amide bonds. The normalized spacial score (nSPS) is 15.3. The van der Waals surface area contributed by atoms with Crippen molar-refractivity contribution in [1.29, 1.82) is 0 Å². The molecule has 1 N–H and O–H groups in total. The predicted octanol–water partition coefficient (Wildman–Crippen LogP) is 3.67. The van der Waals surface area contributed by atoms with Crippen LogP contribution in [-0.2, 0) is 22.6 Å². The zero-order chi connectivity index (χ0) is 24.1. The van der Waals surface area contributed by atoms with E-state index in [0.29, 0.717) is 25.0 Å². The SMILES string of the molecule is CCCC(c1nnnn1CC(=O)OCC)N(Cc1cc2cc(C)ccc2[nH]c1=O)C1CCCC1. The first kappa shape index (κ1) is 24.1. The zero-order valence-electron chi connectivity index (χ0n) is 20.3. The van der Waals surface area contributed by atoms with E-state index in [1.54, 1.807) is 11.6 Å². The highest BCUT2D eigenvalue weighted by molar-refractivity contribution is 5.79. The van der Waals surface area contributed by atoms with Crippen LogP contribution in [0.25, 0.3) is 10.9 Å². The third kappa shape index (κ3) is 5.35. The summed E-state index contributed by atoms with van der Waals surface area (Å²) in [5.74, 6) is 0.287. The fourth-order valence-corrected chi connectivity index (χ4v) is 5.02. The van der Waals surface area contributed by atoms with E-state index >= 15 is 0 Å². The summed E-state index contributed by atoms with van der Waals surface area (Å²) >= 11 is 0. The van der Waals surface area contributed by atoms with Gasteiger partial charge in [-0.15, -0.1) is 5.10 Å². The molecule has 9 nitrogen and oxygen atoms in total. The van der Waals surface area contributed by atoms with Gasteiger partial charge < -0.3 is 9.72 Å². The van der Waals surface area contributed by atoms with Gasteiger partial charge in [0.15, 0.2) is 5.82 Å². The highest BCUT2D eigenvalue weighted by Gasteiger charge is 2.33. The summed E-state index contributed by atoms with van der Waals surface area (Å²) < 4.78 is 6.67. The van der Waals surface area contributed by atoms with Crippen molar-refractivity contribution >= 4 is 16.9 Å². The average molecular weight is 467 g/mol. The molecular weight excluding hydrogens is 432 g/mol. The molecular formula is C25H34N6O3. The number of carbonyl (C=O) groups is 1. The number of nitrogens with one attached hydrogen (secondary N) is 1. The van der Waals surface area contributed by atoms with Crippen LogP contribution in [0.2, 0.25) is 0 Å². The standard InChI is InChI=1S/C25H34N6O3/c1-4-8-22(24-27-28-29-31(24)16-23(32)34-5-2)30(20-9-6-7-10-20)15-19-14-18-13-17(3)11-12-21(18)26-25(19)33/h11-14,20,22H,4-10,15-16H2,1-3H3,(H,26,33). The molecule has 3 aromatic rings. The molecule has 0 saturated heterocycles. The lowest BCUT2D eigenvalue weighted by Crippen LogP contribution is -2.39. The van der Waals surface area contributed by atoms with Crippen LogP contribution in [0.4, 0.5) is 0 Å². The quantitative estimate of drug-likeness (QED) is 0.454. The van der Waals surface area contributed by atoms with Crippen LogP contribution in [0.1, 0.15) is 75.4 Å². The number of hydrogen-bond donors (Lipinski definition) is 1. The molecule has 0 spiro atoms. The van der Waals surface area contributed by atoms with Gasteiger partial charge in [-0.1, -0.05) is 37.8 Å². The number of tetrazole rings is 1. The summed E-state index contributed by atoms with van der Waals surface area (Å²) in [4.78, 5) is 30.6. The number of aromatic amines is 1. The van der Waals surface area contributed by atoms with Crippen LogP contribution in [0.5, 0.6) is 0 Å². The Hall–Kier alpha value is -3.07. The van der Waals surface area contributed by atoms with Crippen molar-refractivity contribution in [3.63, 3.8) is 0 Å². The monoisotopic (exact) mass is 466 g/mol. The average Bonchev–Trinajstić information content (AvgIpc) is 3.49. The Morgan fingerprint density at radius 1 is 1.26 bits per heavy atom. The van der Waals surface area contributed by atoms with Crippen molar-refractivity contribution in [2.45, 2.75) is 84.5 Å². The van der Waals surface area contributed by atoms with Gasteiger partial charge in [-0.05, 0) is 67.1 Å². The minimum Gasteiger partial charge on any atom is -0.465 e. The van der Waals surface area contributed by atoms with Crippen LogP contribution < -0.4 is 5.56 Å². The molecule has 1 fully saturated rings. The second-order valence-corrected chi connectivity index (χ2v) is 9.13. The van der Waals surface area contributed by atoms with Crippen molar-refractivity contribution in [3.05, 3.63) is 51.6 Å². The Bertz CT molecular complexity index is 1180. The number of aromatic nitrogens is 5. The third-order valence-corrected chi connectivity index (χ3v) is 6.63. The lowest BCUT2D eigenvalue weighted by Gasteiger charge is -2.35. The summed E-state index contributed by atoms with van der Waals surface area (Å²) in [7, 11) is 0. The number of fused-ring (bicyclic) bond motifs is 1. The number of benzene rings is 1. The second-order valence-electron chi connectivity index (χ2n) is 9.13. The van der Waals surface area contributed by atoms with Crippen molar-refractivity contribution in [2.24, 2.45) is 0 Å². The van der Waals surface area contributed by atoms with Crippen LogP contribution in [0.15, 0.2) is 29.1 Å². The van der Waals surface area contributed by atoms with Gasteiger partial charge >= 0.3 is 5.97 Å². The van der Waals surface area contributed by atoms with Crippen molar-refractivity contribution in [3.8, 4) is 0 Å². The van der Waals surface area contributed by atoms with E-state index in [4.69, 9.17) is 4.74 Å². The fourth-order valence-electron chi connectivity index (χ4n) is 5.02. The molecule has 182 valence electrons. The Kier molecular flexibility index (Phi) is 7.72. The van der Waals surface area contributed by atoms with Crippen LogP contribution >= 0.6 is 0 Å². The number of H-pyrrole nitrogens is 1. The van der Waals surface area contributed by atoms with Gasteiger partial charge in [0.05, 0.1) is 12.6 Å². The van der Waals surface area contributed by atoms with Crippen LogP contribution in [0, 0.1) is 6.92 Å². The molecule has 9 heteroatoms. The molecule has 2 heterocycles. The molecule has 0 bridgehead atoms. The van der Waals surface area contributed by atoms with Crippen molar-refractivity contribution in [1.82, 2.24) is 30.1 Å². The first-order valence-corrected chi connectivity index (χ1v) is 12.3. The maximum Gasteiger partial charge on any atom is 0.327 e. The Morgan fingerprint density at radius 2 is 2.06 bits per heavy atom. The van der Waals surface area contributed by atoms with Gasteiger partial charge in [0.2, 0.25) is 0 Å². The van der Waals surface area contributed by atoms with E-state index in [2.05, 4.69) is 45.3 Å². The van der Waals surface area contributed by atoms with E-state index in [1.807, 2.05) is 18.2 Å². The fraction of sp³-hybridized carbons (Fsp3) is 0.560. The maximum atomic E-state index is 13.0. The largest absolute Gasteiger partial charge is 0.465 e. The Morgan fingerprint density at radius 3 is 2.79 bits per heavy atom. The van der Waals surface area contributed by atoms with Gasteiger partial charge in [0, 0.05) is 23.7 Å². The number of ether oxygens (including phenoxy) is 1. The molecule has 0 radical (unpaired) electrons. The summed E-state index contributed by atoms with van der Waals surface area (Å²) in [6.07, 6.45) is 6.23. The summed E-state index contributed by atoms with van der Waals surface area (Å²) in [6.45, 7) is 6.75. The third-order valence-electron chi connectivity index (χ3n) is 6.63. The highest BCUT2D eigenvalue weighted by Crippen LogP contribution is 2.34. The van der Waals surface area contributed by atoms with E-state index in [0.717, 1.165) is 47.7 Å². The minimum absolute atomic E-state index is 0.0231. The molecule has 1 unspecified atom stereocenters.